The molecule has 0 aliphatic carbocycles. The molecular formula is C34H25BrCl2N4O3S2. The van der Waals surface area contributed by atoms with Crippen LogP contribution in [0.15, 0.2) is 118 Å². The third-order valence-electron chi connectivity index (χ3n) is 6.43. The molecule has 0 radical (unpaired) electrons. The van der Waals surface area contributed by atoms with Crippen LogP contribution in [0, 0.1) is 0 Å². The van der Waals surface area contributed by atoms with E-state index >= 15 is 0 Å². The number of aromatic nitrogens is 1. The van der Waals surface area contributed by atoms with Gasteiger partial charge in [-0.15, -0.1) is 23.1 Å². The number of thioether (sulfide) groups is 1. The predicted molar refractivity (Wildman–Crippen MR) is 193 cm³/mol. The third-order valence-corrected chi connectivity index (χ3v) is 9.55. The second kappa shape index (κ2) is 15.6. The lowest BCUT2D eigenvalue weighted by Crippen LogP contribution is -2.30. The fraction of sp³-hybridized carbons (Fsp3) is 0.0588. The molecule has 3 amide bonds. The van der Waals surface area contributed by atoms with E-state index in [4.69, 9.17) is 23.2 Å². The molecule has 0 aliphatic rings. The molecule has 0 aliphatic heterocycles. The van der Waals surface area contributed by atoms with Crippen molar-refractivity contribution in [2.45, 2.75) is 17.1 Å². The first-order chi connectivity index (χ1) is 22.1. The van der Waals surface area contributed by atoms with E-state index in [1.54, 1.807) is 67.6 Å². The lowest BCUT2D eigenvalue weighted by Gasteiger charge is -2.13. The van der Waals surface area contributed by atoms with E-state index in [0.29, 0.717) is 32.1 Å². The number of halogens is 3. The molecule has 7 nitrogen and oxygen atoms in total. The van der Waals surface area contributed by atoms with Gasteiger partial charge in [-0.1, -0.05) is 81.6 Å². The normalized spacial score (nSPS) is 11.9. The summed E-state index contributed by atoms with van der Waals surface area (Å²) in [5, 5.41) is 11.2. The van der Waals surface area contributed by atoms with Crippen LogP contribution in [0.1, 0.15) is 22.8 Å². The zero-order valence-corrected chi connectivity index (χ0v) is 28.8. The molecule has 1 atom stereocenters. The quantitative estimate of drug-likeness (QED) is 0.0976. The monoisotopic (exact) mass is 750 g/mol. The Hall–Kier alpha value is -3.93. The third kappa shape index (κ3) is 9.08. The molecule has 1 heterocycles. The molecule has 1 aromatic heterocycles. The molecule has 46 heavy (non-hydrogen) atoms. The van der Waals surface area contributed by atoms with Crippen LogP contribution in [0.4, 0.5) is 10.8 Å². The Morgan fingerprint density at radius 3 is 2.39 bits per heavy atom. The summed E-state index contributed by atoms with van der Waals surface area (Å²) in [6.07, 6.45) is 1.61. The number of hydrogen-bond donors (Lipinski definition) is 3. The van der Waals surface area contributed by atoms with Crippen molar-refractivity contribution in [2.24, 2.45) is 0 Å². The second-order valence-corrected chi connectivity index (χ2v) is 13.8. The lowest BCUT2D eigenvalue weighted by molar-refractivity contribution is -0.115. The Bertz CT molecular complexity index is 1920. The molecule has 3 N–H and O–H groups in total. The molecule has 0 bridgehead atoms. The van der Waals surface area contributed by atoms with Crippen molar-refractivity contribution in [3.8, 4) is 11.3 Å². The minimum Gasteiger partial charge on any atom is -0.321 e. The molecule has 12 heteroatoms. The zero-order chi connectivity index (χ0) is 32.6. The van der Waals surface area contributed by atoms with Crippen molar-refractivity contribution >= 4 is 96.8 Å². The number of anilines is 2. The first-order valence-electron chi connectivity index (χ1n) is 13.8. The molecule has 1 unspecified atom stereocenters. The van der Waals surface area contributed by atoms with Crippen molar-refractivity contribution in [1.29, 1.82) is 0 Å². The van der Waals surface area contributed by atoms with Gasteiger partial charge < -0.3 is 16.0 Å². The van der Waals surface area contributed by atoms with Crippen molar-refractivity contribution in [3.63, 3.8) is 0 Å². The van der Waals surface area contributed by atoms with E-state index in [9.17, 15) is 14.4 Å². The fourth-order valence-corrected chi connectivity index (χ4v) is 6.31. The minimum atomic E-state index is -0.498. The highest BCUT2D eigenvalue weighted by atomic mass is 79.9. The molecule has 5 aromatic rings. The summed E-state index contributed by atoms with van der Waals surface area (Å²) in [5.74, 6) is -1.13. The van der Waals surface area contributed by atoms with Gasteiger partial charge in [-0.2, -0.15) is 0 Å². The first-order valence-corrected chi connectivity index (χ1v) is 17.1. The number of carbonyl (C=O) groups is 3. The molecule has 0 saturated heterocycles. The van der Waals surface area contributed by atoms with Crippen LogP contribution in [-0.2, 0) is 9.59 Å². The van der Waals surface area contributed by atoms with Crippen molar-refractivity contribution in [1.82, 2.24) is 10.3 Å². The van der Waals surface area contributed by atoms with Gasteiger partial charge >= 0.3 is 0 Å². The zero-order valence-electron chi connectivity index (χ0n) is 24.1. The highest BCUT2D eigenvalue weighted by molar-refractivity contribution is 9.10. The number of rotatable bonds is 10. The number of thiazole rings is 1. The van der Waals surface area contributed by atoms with Crippen LogP contribution in [0.3, 0.4) is 0 Å². The second-order valence-electron chi connectivity index (χ2n) is 9.83. The van der Waals surface area contributed by atoms with Gasteiger partial charge in [0.15, 0.2) is 5.13 Å². The Kier molecular flexibility index (Phi) is 11.3. The highest BCUT2D eigenvalue weighted by Gasteiger charge is 2.19. The van der Waals surface area contributed by atoms with Crippen LogP contribution in [0.2, 0.25) is 10.0 Å². The Labute approximate surface area is 292 Å². The number of nitrogens with one attached hydrogen (secondary N) is 3. The topological polar surface area (TPSA) is 100 Å². The summed E-state index contributed by atoms with van der Waals surface area (Å²) in [4.78, 5) is 44.7. The first kappa shape index (κ1) is 33.4. The van der Waals surface area contributed by atoms with Crippen molar-refractivity contribution < 1.29 is 14.4 Å². The van der Waals surface area contributed by atoms with E-state index in [2.05, 4.69) is 36.9 Å². The van der Waals surface area contributed by atoms with Crippen LogP contribution < -0.4 is 16.0 Å². The van der Waals surface area contributed by atoms with Crippen molar-refractivity contribution in [3.05, 3.63) is 134 Å². The largest absolute Gasteiger partial charge is 0.321 e. The lowest BCUT2D eigenvalue weighted by atomic mass is 10.1. The highest BCUT2D eigenvalue weighted by Crippen LogP contribution is 2.31. The average Bonchev–Trinajstić information content (AvgIpc) is 3.52. The van der Waals surface area contributed by atoms with E-state index in [0.717, 1.165) is 20.5 Å². The summed E-state index contributed by atoms with van der Waals surface area (Å²) in [7, 11) is 0. The van der Waals surface area contributed by atoms with E-state index < -0.39 is 17.1 Å². The number of benzene rings is 4. The number of hydrogen-bond acceptors (Lipinski definition) is 6. The van der Waals surface area contributed by atoms with Gasteiger partial charge in [0, 0.05) is 31.6 Å². The van der Waals surface area contributed by atoms with Crippen LogP contribution in [0.25, 0.3) is 17.3 Å². The molecule has 5 rings (SSSR count). The standard InChI is InChI=1S/C34H25BrCl2N4O3S2/c1-20(31(42)41-34-40-30(19-45-34)23-12-15-27(36)28(37)17-23)46-26-9-5-8-25(18-26)38-33(44)29(16-21-10-13-24(35)14-11-21)39-32(43)22-6-3-2-4-7-22/h2-20H,1H3,(H,38,44)(H,39,43)(H,40,41,42)/b29-16-. The summed E-state index contributed by atoms with van der Waals surface area (Å²) in [6.45, 7) is 1.79. The van der Waals surface area contributed by atoms with Crippen LogP contribution >= 0.6 is 62.2 Å². The van der Waals surface area contributed by atoms with Crippen LogP contribution in [-0.4, -0.2) is 28.0 Å². The number of nitrogens with zero attached hydrogens (tertiary/aromatic N) is 1. The van der Waals surface area contributed by atoms with Gasteiger partial charge in [0.25, 0.3) is 11.8 Å². The molecule has 232 valence electrons. The minimum absolute atomic E-state index is 0.0747. The maximum Gasteiger partial charge on any atom is 0.272 e. The fourth-order valence-electron chi connectivity index (χ4n) is 4.10. The summed E-state index contributed by atoms with van der Waals surface area (Å²) in [6, 6.07) is 28.4. The van der Waals surface area contributed by atoms with Gasteiger partial charge in [-0.05, 0) is 73.2 Å². The smallest absolute Gasteiger partial charge is 0.272 e. The van der Waals surface area contributed by atoms with Gasteiger partial charge in [0.05, 0.1) is 21.0 Å². The molecule has 4 aromatic carbocycles. The molecular weight excluding hydrogens is 727 g/mol. The average molecular weight is 753 g/mol. The Balaban J connectivity index is 1.25. The Morgan fingerprint density at radius 1 is 0.891 bits per heavy atom. The Morgan fingerprint density at radius 2 is 1.65 bits per heavy atom. The number of carbonyl (C=O) groups excluding carboxylic acids is 3. The number of amides is 3. The maximum atomic E-state index is 13.4. The molecule has 0 spiro atoms. The van der Waals surface area contributed by atoms with Gasteiger partial charge in [0.2, 0.25) is 5.91 Å². The van der Waals surface area contributed by atoms with E-state index in [1.807, 2.05) is 47.8 Å². The van der Waals surface area contributed by atoms with Gasteiger partial charge in [0.1, 0.15) is 5.70 Å². The summed E-state index contributed by atoms with van der Waals surface area (Å²) in [5.41, 5.74) is 3.20. The van der Waals surface area contributed by atoms with Crippen LogP contribution in [0.5, 0.6) is 0 Å². The predicted octanol–water partition coefficient (Wildman–Crippen LogP) is 9.41. The molecule has 0 fully saturated rings. The van der Waals surface area contributed by atoms with E-state index in [-0.39, 0.29) is 11.6 Å². The molecule has 0 saturated carbocycles. The van der Waals surface area contributed by atoms with Gasteiger partial charge in [-0.25, -0.2) is 4.98 Å². The summed E-state index contributed by atoms with van der Waals surface area (Å²) >= 11 is 18.2. The SMILES string of the molecule is CC(Sc1cccc(NC(=O)/C(=C/c2ccc(Br)cc2)NC(=O)c2ccccc2)c1)C(=O)Nc1nc(-c2ccc(Cl)c(Cl)c2)cs1. The maximum absolute atomic E-state index is 13.4. The van der Waals surface area contributed by atoms with Gasteiger partial charge in [-0.3, -0.25) is 14.4 Å². The van der Waals surface area contributed by atoms with Crippen molar-refractivity contribution in [2.75, 3.05) is 10.6 Å². The summed E-state index contributed by atoms with van der Waals surface area (Å²) < 4.78 is 0.890. The van der Waals surface area contributed by atoms with E-state index in [1.165, 1.54) is 23.1 Å².